The monoisotopic (exact) mass is 273 g/mol. The lowest BCUT2D eigenvalue weighted by molar-refractivity contribution is -0.138. The molecule has 4 nitrogen and oxygen atoms in total. The van der Waals surface area contributed by atoms with E-state index < -0.39 is 12.0 Å². The van der Waals surface area contributed by atoms with E-state index in [0.29, 0.717) is 10.0 Å². The van der Waals surface area contributed by atoms with Crippen LogP contribution in [0.5, 0.6) is 5.75 Å². The fourth-order valence-electron chi connectivity index (χ4n) is 1.27. The molecule has 0 amide bonds. The number of hydrogen-bond acceptors (Lipinski definition) is 3. The number of rotatable bonds is 3. The summed E-state index contributed by atoms with van der Waals surface area (Å²) in [6.07, 6.45) is 0.118. The van der Waals surface area contributed by atoms with Gasteiger partial charge in [0.15, 0.2) is 0 Å². The summed E-state index contributed by atoms with van der Waals surface area (Å²) in [5.41, 5.74) is 6.81. The van der Waals surface area contributed by atoms with Crippen molar-refractivity contribution in [2.24, 2.45) is 5.73 Å². The van der Waals surface area contributed by atoms with E-state index in [9.17, 15) is 9.90 Å². The maximum absolute atomic E-state index is 10.6. The quantitative estimate of drug-likeness (QED) is 0.778. The van der Waals surface area contributed by atoms with Crippen molar-refractivity contribution in [3.63, 3.8) is 0 Å². The van der Waals surface area contributed by atoms with Crippen LogP contribution in [0.1, 0.15) is 11.1 Å². The number of phenols is 1. The van der Waals surface area contributed by atoms with E-state index >= 15 is 0 Å². The first-order valence-corrected chi connectivity index (χ1v) is 5.18. The van der Waals surface area contributed by atoms with Gasteiger partial charge in [-0.3, -0.25) is 4.79 Å². The highest BCUT2D eigenvalue weighted by molar-refractivity contribution is 9.10. The number of halogens is 1. The van der Waals surface area contributed by atoms with Gasteiger partial charge in [0, 0.05) is 12.0 Å². The molecule has 1 aromatic carbocycles. The maximum Gasteiger partial charge on any atom is 0.320 e. The number of carbonyl (C=O) groups is 1. The molecule has 0 bridgehead atoms. The van der Waals surface area contributed by atoms with Crippen LogP contribution >= 0.6 is 15.9 Å². The SMILES string of the molecule is Cc1ccc(Br)c(O)c1CC(N)C(=O)O. The third-order valence-electron chi connectivity index (χ3n) is 2.21. The number of hydrogen-bond donors (Lipinski definition) is 3. The minimum absolute atomic E-state index is 0.0618. The lowest BCUT2D eigenvalue weighted by Crippen LogP contribution is -2.32. The van der Waals surface area contributed by atoms with Crippen LogP contribution in [0.15, 0.2) is 16.6 Å². The molecular weight excluding hydrogens is 262 g/mol. The van der Waals surface area contributed by atoms with Gasteiger partial charge >= 0.3 is 5.97 Å². The third-order valence-corrected chi connectivity index (χ3v) is 2.85. The number of nitrogens with two attached hydrogens (primary N) is 1. The van der Waals surface area contributed by atoms with E-state index in [4.69, 9.17) is 10.8 Å². The van der Waals surface area contributed by atoms with Gasteiger partial charge in [-0.25, -0.2) is 0 Å². The van der Waals surface area contributed by atoms with E-state index in [1.165, 1.54) is 0 Å². The summed E-state index contributed by atoms with van der Waals surface area (Å²) in [6.45, 7) is 1.80. The van der Waals surface area contributed by atoms with Crippen LogP contribution in [0.3, 0.4) is 0 Å². The van der Waals surface area contributed by atoms with E-state index in [1.54, 1.807) is 19.1 Å². The zero-order chi connectivity index (χ0) is 11.6. The van der Waals surface area contributed by atoms with E-state index in [1.807, 2.05) is 0 Å². The van der Waals surface area contributed by atoms with Crippen LogP contribution in [0.4, 0.5) is 0 Å². The Hall–Kier alpha value is -1.07. The van der Waals surface area contributed by atoms with Crippen LogP contribution in [-0.2, 0) is 11.2 Å². The Morgan fingerprint density at radius 2 is 2.20 bits per heavy atom. The summed E-state index contributed by atoms with van der Waals surface area (Å²) in [4.78, 5) is 10.6. The van der Waals surface area contributed by atoms with E-state index in [2.05, 4.69) is 15.9 Å². The number of aryl methyl sites for hydroxylation is 1. The molecule has 1 aromatic rings. The molecule has 0 radical (unpaired) electrons. The number of carboxylic acids is 1. The minimum Gasteiger partial charge on any atom is -0.506 e. The largest absolute Gasteiger partial charge is 0.506 e. The number of aliphatic carboxylic acids is 1. The first kappa shape index (κ1) is 12.0. The molecule has 15 heavy (non-hydrogen) atoms. The van der Waals surface area contributed by atoms with Crippen molar-refractivity contribution < 1.29 is 15.0 Å². The fraction of sp³-hybridized carbons (Fsp3) is 0.300. The Kier molecular flexibility index (Phi) is 3.71. The van der Waals surface area contributed by atoms with Gasteiger partial charge in [-0.05, 0) is 34.5 Å². The first-order chi connectivity index (χ1) is 6.93. The molecular formula is C10H12BrNO3. The van der Waals surface area contributed by atoms with Gasteiger partial charge in [0.05, 0.1) is 4.47 Å². The molecule has 1 rings (SSSR count). The van der Waals surface area contributed by atoms with Crippen molar-refractivity contribution in [3.8, 4) is 5.75 Å². The molecule has 0 heterocycles. The summed E-state index contributed by atoms with van der Waals surface area (Å²) in [5, 5.41) is 18.4. The van der Waals surface area contributed by atoms with Crippen molar-refractivity contribution in [2.75, 3.05) is 0 Å². The molecule has 0 fully saturated rings. The van der Waals surface area contributed by atoms with Crippen LogP contribution in [-0.4, -0.2) is 22.2 Å². The summed E-state index contributed by atoms with van der Waals surface area (Å²) < 4.78 is 0.542. The number of benzene rings is 1. The first-order valence-electron chi connectivity index (χ1n) is 4.38. The van der Waals surface area contributed by atoms with Crippen molar-refractivity contribution in [2.45, 2.75) is 19.4 Å². The average Bonchev–Trinajstić information content (AvgIpc) is 2.18. The van der Waals surface area contributed by atoms with Gasteiger partial charge in [0.2, 0.25) is 0 Å². The van der Waals surface area contributed by atoms with Gasteiger partial charge in [-0.1, -0.05) is 6.07 Å². The number of carboxylic acid groups (broad SMARTS) is 1. The number of phenolic OH excluding ortho intramolecular Hbond substituents is 1. The van der Waals surface area contributed by atoms with Gasteiger partial charge in [0.25, 0.3) is 0 Å². The predicted molar refractivity (Wildman–Crippen MR) is 59.9 cm³/mol. The molecule has 1 atom stereocenters. The fourth-order valence-corrected chi connectivity index (χ4v) is 1.64. The molecule has 82 valence electrons. The topological polar surface area (TPSA) is 83.5 Å². The van der Waals surface area contributed by atoms with Crippen molar-refractivity contribution >= 4 is 21.9 Å². The Bertz CT molecular complexity index is 392. The smallest absolute Gasteiger partial charge is 0.320 e. The Morgan fingerprint density at radius 1 is 1.60 bits per heavy atom. The summed E-state index contributed by atoms with van der Waals surface area (Å²) in [5.74, 6) is -1.01. The molecule has 0 aliphatic heterocycles. The number of aromatic hydroxyl groups is 1. The van der Waals surface area contributed by atoms with Gasteiger partial charge in [-0.15, -0.1) is 0 Å². The van der Waals surface area contributed by atoms with Crippen molar-refractivity contribution in [1.29, 1.82) is 0 Å². The summed E-state index contributed by atoms with van der Waals surface area (Å²) in [7, 11) is 0. The minimum atomic E-state index is -1.08. The van der Waals surface area contributed by atoms with Crippen molar-refractivity contribution in [3.05, 3.63) is 27.7 Å². The highest BCUT2D eigenvalue weighted by Gasteiger charge is 2.17. The Labute approximate surface area is 95.8 Å². The molecule has 0 aromatic heterocycles. The van der Waals surface area contributed by atoms with Crippen LogP contribution in [0, 0.1) is 6.92 Å². The standard InChI is InChI=1S/C10H12BrNO3/c1-5-2-3-7(11)9(13)6(5)4-8(12)10(14)15/h2-3,8,13H,4,12H2,1H3,(H,14,15). The second kappa shape index (κ2) is 4.63. The molecule has 1 unspecified atom stereocenters. The average molecular weight is 274 g/mol. The van der Waals surface area contributed by atoms with Gasteiger partial charge in [0.1, 0.15) is 11.8 Å². The molecule has 0 saturated carbocycles. The third kappa shape index (κ3) is 2.70. The normalized spacial score (nSPS) is 12.5. The van der Waals surface area contributed by atoms with Gasteiger partial charge in [-0.2, -0.15) is 0 Å². The second-order valence-electron chi connectivity index (χ2n) is 3.34. The maximum atomic E-state index is 10.6. The molecule has 0 saturated heterocycles. The summed E-state index contributed by atoms with van der Waals surface area (Å²) in [6, 6.07) is 2.51. The molecule has 5 heteroatoms. The lowest BCUT2D eigenvalue weighted by atomic mass is 10.0. The second-order valence-corrected chi connectivity index (χ2v) is 4.19. The van der Waals surface area contributed by atoms with Crippen LogP contribution in [0.2, 0.25) is 0 Å². The van der Waals surface area contributed by atoms with Crippen LogP contribution in [0.25, 0.3) is 0 Å². The van der Waals surface area contributed by atoms with Gasteiger partial charge < -0.3 is 15.9 Å². The zero-order valence-corrected chi connectivity index (χ0v) is 9.78. The molecule has 0 spiro atoms. The Balaban J connectivity index is 3.03. The highest BCUT2D eigenvalue weighted by Crippen LogP contribution is 2.30. The molecule has 0 aliphatic carbocycles. The molecule has 0 aliphatic rings. The summed E-state index contributed by atoms with van der Waals surface area (Å²) >= 11 is 3.17. The predicted octanol–water partition coefficient (Wildman–Crippen LogP) is 1.42. The van der Waals surface area contributed by atoms with E-state index in [-0.39, 0.29) is 12.2 Å². The molecule has 4 N–H and O–H groups in total. The highest BCUT2D eigenvalue weighted by atomic mass is 79.9. The van der Waals surface area contributed by atoms with Crippen LogP contribution < -0.4 is 5.73 Å². The van der Waals surface area contributed by atoms with E-state index in [0.717, 1.165) is 5.56 Å². The lowest BCUT2D eigenvalue weighted by Gasteiger charge is -2.12. The van der Waals surface area contributed by atoms with Crippen molar-refractivity contribution in [1.82, 2.24) is 0 Å². The zero-order valence-electron chi connectivity index (χ0n) is 8.20. The Morgan fingerprint density at radius 3 is 2.73 bits per heavy atom.